The van der Waals surface area contributed by atoms with Crippen molar-refractivity contribution in [1.82, 2.24) is 5.32 Å². The zero-order valence-corrected chi connectivity index (χ0v) is 12.2. The van der Waals surface area contributed by atoms with Crippen LogP contribution in [0.3, 0.4) is 0 Å². The molecule has 0 radical (unpaired) electrons. The predicted octanol–water partition coefficient (Wildman–Crippen LogP) is 2.41. The van der Waals surface area contributed by atoms with E-state index < -0.39 is 18.1 Å². The summed E-state index contributed by atoms with van der Waals surface area (Å²) in [5, 5.41) is 2.44. The summed E-state index contributed by atoms with van der Waals surface area (Å²) in [5.41, 5.74) is 0. The van der Waals surface area contributed by atoms with Crippen molar-refractivity contribution in [3.8, 4) is 11.8 Å². The molecule has 20 heavy (non-hydrogen) atoms. The highest BCUT2D eigenvalue weighted by molar-refractivity contribution is 5.81. The van der Waals surface area contributed by atoms with Gasteiger partial charge in [-0.25, -0.2) is 9.59 Å². The third-order valence-corrected chi connectivity index (χ3v) is 2.42. The average Bonchev–Trinajstić information content (AvgIpc) is 2.43. The molecule has 0 aliphatic rings. The maximum absolute atomic E-state index is 11.8. The van der Waals surface area contributed by atoms with E-state index in [1.165, 1.54) is 0 Å². The molecule has 0 aliphatic carbocycles. The van der Waals surface area contributed by atoms with Crippen molar-refractivity contribution in [3.63, 3.8) is 0 Å². The van der Waals surface area contributed by atoms with Gasteiger partial charge in [0.15, 0.2) is 6.61 Å². The summed E-state index contributed by atoms with van der Waals surface area (Å²) >= 11 is 0. The molecule has 0 rings (SSSR count). The molecule has 5 nitrogen and oxygen atoms in total. The Morgan fingerprint density at radius 2 is 2.10 bits per heavy atom. The van der Waals surface area contributed by atoms with E-state index in [4.69, 9.17) is 9.47 Å². The van der Waals surface area contributed by atoms with Crippen LogP contribution in [0.15, 0.2) is 12.7 Å². The molecule has 1 N–H and O–H groups in total. The fourth-order valence-electron chi connectivity index (χ4n) is 1.36. The second-order valence-corrected chi connectivity index (χ2v) is 4.10. The van der Waals surface area contributed by atoms with Gasteiger partial charge in [-0.05, 0) is 19.8 Å². The Labute approximate surface area is 120 Å². The van der Waals surface area contributed by atoms with Gasteiger partial charge in [-0.1, -0.05) is 31.8 Å². The molecule has 5 heteroatoms. The summed E-state index contributed by atoms with van der Waals surface area (Å²) in [5.74, 6) is 4.72. The van der Waals surface area contributed by atoms with Crippen LogP contribution in [0.2, 0.25) is 0 Å². The van der Waals surface area contributed by atoms with E-state index >= 15 is 0 Å². The summed E-state index contributed by atoms with van der Waals surface area (Å²) in [4.78, 5) is 23.2. The first-order chi connectivity index (χ1) is 9.65. The number of hydrogen-bond acceptors (Lipinski definition) is 4. The summed E-state index contributed by atoms with van der Waals surface area (Å²) in [7, 11) is 0. The van der Waals surface area contributed by atoms with Crippen LogP contribution in [0, 0.1) is 11.8 Å². The van der Waals surface area contributed by atoms with Crippen LogP contribution < -0.4 is 5.32 Å². The van der Waals surface area contributed by atoms with Gasteiger partial charge in [-0.3, -0.25) is 0 Å². The fraction of sp³-hybridized carbons (Fsp3) is 0.600. The second-order valence-electron chi connectivity index (χ2n) is 4.10. The Balaban J connectivity index is 4.17. The standard InChI is InChI=1S/C15H23NO4/c1-4-7-9-12-19-14(17)13(10-6-3)16-15(18)20-11-8-5-2/h6,13H,3-4,7,9-12H2,1-2H3,(H,16,18). The van der Waals surface area contributed by atoms with Crippen molar-refractivity contribution in [3.05, 3.63) is 12.7 Å². The number of alkyl carbamates (subject to hydrolysis) is 1. The molecule has 1 atom stereocenters. The highest BCUT2D eigenvalue weighted by Crippen LogP contribution is 2.00. The Morgan fingerprint density at radius 3 is 2.70 bits per heavy atom. The average molecular weight is 281 g/mol. The lowest BCUT2D eigenvalue weighted by atomic mass is 10.2. The number of unbranched alkanes of at least 4 members (excludes halogenated alkanes) is 2. The summed E-state index contributed by atoms with van der Waals surface area (Å²) < 4.78 is 9.89. The number of amides is 1. The third-order valence-electron chi connectivity index (χ3n) is 2.42. The molecule has 0 saturated heterocycles. The number of ether oxygens (including phenoxy) is 2. The molecule has 1 amide bonds. The molecular formula is C15H23NO4. The first kappa shape index (κ1) is 18.0. The molecule has 0 aromatic heterocycles. The molecule has 0 fully saturated rings. The van der Waals surface area contributed by atoms with Gasteiger partial charge in [-0.2, -0.15) is 0 Å². The van der Waals surface area contributed by atoms with Crippen LogP contribution in [-0.4, -0.2) is 31.3 Å². The van der Waals surface area contributed by atoms with Gasteiger partial charge in [0.05, 0.1) is 6.61 Å². The van der Waals surface area contributed by atoms with E-state index in [1.54, 1.807) is 13.0 Å². The van der Waals surface area contributed by atoms with Crippen molar-refractivity contribution < 1.29 is 19.1 Å². The molecule has 0 saturated carbocycles. The molecule has 112 valence electrons. The van der Waals surface area contributed by atoms with E-state index in [0.717, 1.165) is 19.3 Å². The third kappa shape index (κ3) is 9.03. The minimum Gasteiger partial charge on any atom is -0.464 e. The van der Waals surface area contributed by atoms with Crippen LogP contribution in [-0.2, 0) is 14.3 Å². The van der Waals surface area contributed by atoms with Gasteiger partial charge in [-0.15, -0.1) is 12.5 Å². The Hall–Kier alpha value is -1.96. The van der Waals surface area contributed by atoms with Gasteiger partial charge in [0, 0.05) is 0 Å². The summed E-state index contributed by atoms with van der Waals surface area (Å²) in [6.07, 6.45) is 4.02. The molecular weight excluding hydrogens is 258 g/mol. The fourth-order valence-corrected chi connectivity index (χ4v) is 1.36. The number of hydrogen-bond donors (Lipinski definition) is 1. The van der Waals surface area contributed by atoms with Crippen LogP contribution in [0.5, 0.6) is 0 Å². The lowest BCUT2D eigenvalue weighted by Gasteiger charge is -2.15. The molecule has 1 unspecified atom stereocenters. The number of nitrogens with one attached hydrogen (secondary N) is 1. The topological polar surface area (TPSA) is 64.6 Å². The monoisotopic (exact) mass is 281 g/mol. The minimum atomic E-state index is -0.767. The van der Waals surface area contributed by atoms with E-state index in [-0.39, 0.29) is 6.61 Å². The zero-order chi connectivity index (χ0) is 15.2. The van der Waals surface area contributed by atoms with Crippen LogP contribution >= 0.6 is 0 Å². The van der Waals surface area contributed by atoms with Gasteiger partial charge < -0.3 is 14.8 Å². The van der Waals surface area contributed by atoms with Crippen LogP contribution in [0.4, 0.5) is 4.79 Å². The lowest BCUT2D eigenvalue weighted by Crippen LogP contribution is -2.42. The highest BCUT2D eigenvalue weighted by Gasteiger charge is 2.21. The molecule has 0 spiro atoms. The number of esters is 1. The van der Waals surface area contributed by atoms with Gasteiger partial charge >= 0.3 is 12.1 Å². The van der Waals surface area contributed by atoms with Crippen molar-refractivity contribution in [2.24, 2.45) is 0 Å². The SMILES string of the molecule is C=CCC(NC(=O)OCC#CC)C(=O)OCCCCC. The smallest absolute Gasteiger partial charge is 0.408 e. The molecule has 0 aromatic rings. The molecule has 0 aromatic carbocycles. The largest absolute Gasteiger partial charge is 0.464 e. The first-order valence-electron chi connectivity index (χ1n) is 6.76. The highest BCUT2D eigenvalue weighted by atomic mass is 16.6. The maximum Gasteiger partial charge on any atom is 0.408 e. The Morgan fingerprint density at radius 1 is 1.35 bits per heavy atom. The van der Waals surface area contributed by atoms with Crippen molar-refractivity contribution in [1.29, 1.82) is 0 Å². The molecule has 0 heterocycles. The van der Waals surface area contributed by atoms with E-state index in [1.807, 2.05) is 0 Å². The number of carbonyl (C=O) groups is 2. The van der Waals surface area contributed by atoms with Crippen LogP contribution in [0.25, 0.3) is 0 Å². The first-order valence-corrected chi connectivity index (χ1v) is 6.76. The normalized spacial score (nSPS) is 10.7. The van der Waals surface area contributed by atoms with Gasteiger partial charge in [0.1, 0.15) is 6.04 Å². The predicted molar refractivity (Wildman–Crippen MR) is 77.0 cm³/mol. The zero-order valence-electron chi connectivity index (χ0n) is 12.2. The van der Waals surface area contributed by atoms with Gasteiger partial charge in [0.2, 0.25) is 0 Å². The molecule has 0 bridgehead atoms. The number of rotatable bonds is 9. The summed E-state index contributed by atoms with van der Waals surface area (Å²) in [6, 6.07) is -0.767. The van der Waals surface area contributed by atoms with Crippen molar-refractivity contribution in [2.75, 3.05) is 13.2 Å². The molecule has 0 aliphatic heterocycles. The Kier molecular flexibility index (Phi) is 10.9. The minimum absolute atomic E-state index is 0.00527. The quantitative estimate of drug-likeness (QED) is 0.305. The van der Waals surface area contributed by atoms with Crippen molar-refractivity contribution in [2.45, 2.75) is 45.6 Å². The van der Waals surface area contributed by atoms with E-state index in [9.17, 15) is 9.59 Å². The second kappa shape index (κ2) is 12.1. The number of carbonyl (C=O) groups excluding carboxylic acids is 2. The van der Waals surface area contributed by atoms with Crippen molar-refractivity contribution >= 4 is 12.1 Å². The maximum atomic E-state index is 11.8. The van der Waals surface area contributed by atoms with Crippen LogP contribution in [0.1, 0.15) is 39.5 Å². The van der Waals surface area contributed by atoms with Gasteiger partial charge in [0.25, 0.3) is 0 Å². The summed E-state index contributed by atoms with van der Waals surface area (Å²) in [6.45, 7) is 7.62. The van der Waals surface area contributed by atoms with E-state index in [2.05, 4.69) is 30.7 Å². The Bertz CT molecular complexity index is 368. The lowest BCUT2D eigenvalue weighted by molar-refractivity contribution is -0.146. The van der Waals surface area contributed by atoms with E-state index in [0.29, 0.717) is 13.0 Å².